The number of halogens is 5. The zero-order valence-corrected chi connectivity index (χ0v) is 23.4. The summed E-state index contributed by atoms with van der Waals surface area (Å²) in [7, 11) is 0. The molecule has 8 nitrogen and oxygen atoms in total. The van der Waals surface area contributed by atoms with Crippen LogP contribution >= 0.6 is 0 Å². The lowest BCUT2D eigenvalue weighted by molar-refractivity contribution is -0.142. The first-order chi connectivity index (χ1) is 19.8. The first-order valence-electron chi connectivity index (χ1n) is 14.1. The SMILES string of the molecule is C=C1CN2CCCC2(COc2nc3c(c(N4CCCC(C)(O)C4)n2)COC(c2c(F)c(N)cc(F)c2C(F)(F)F)C3)C1. The fourth-order valence-electron chi connectivity index (χ4n) is 7.04. The molecule has 3 unspecified atom stereocenters. The van der Waals surface area contributed by atoms with Crippen LogP contribution in [-0.2, 0) is 23.9 Å². The molecule has 3 N–H and O–H groups in total. The van der Waals surface area contributed by atoms with Crippen molar-refractivity contribution in [1.82, 2.24) is 14.9 Å². The molecule has 0 aliphatic carbocycles. The lowest BCUT2D eigenvalue weighted by Gasteiger charge is -2.39. The Hall–Kier alpha value is -3.03. The standard InChI is InChI=1S/C29H34F5N5O3/c1-16-11-28(6-4-8-39(28)12-16)15-42-26-36-20-10-21(22-23(29(32,33)34)18(30)9-19(35)24(22)31)41-13-17(20)25(37-26)38-7-3-5-27(2,40)14-38/h9,21,40H,1,3-8,10-15,35H2,2H3. The summed E-state index contributed by atoms with van der Waals surface area (Å²) in [4.78, 5) is 13.5. The number of hydrogen-bond donors (Lipinski definition) is 2. The van der Waals surface area contributed by atoms with Crippen molar-refractivity contribution in [2.45, 2.75) is 75.5 Å². The molecular weight excluding hydrogens is 561 g/mol. The van der Waals surface area contributed by atoms with Gasteiger partial charge in [0.25, 0.3) is 0 Å². The summed E-state index contributed by atoms with van der Waals surface area (Å²) >= 11 is 0. The van der Waals surface area contributed by atoms with E-state index in [-0.39, 0.29) is 31.1 Å². The Morgan fingerprint density at radius 2 is 1.98 bits per heavy atom. The fourth-order valence-corrected chi connectivity index (χ4v) is 7.04. The highest BCUT2D eigenvalue weighted by molar-refractivity contribution is 5.54. The highest BCUT2D eigenvalue weighted by atomic mass is 19.4. The monoisotopic (exact) mass is 595 g/mol. The minimum atomic E-state index is -5.18. The van der Waals surface area contributed by atoms with Crippen LogP contribution in [0.4, 0.5) is 33.5 Å². The van der Waals surface area contributed by atoms with Gasteiger partial charge in [0.1, 0.15) is 23.8 Å². The normalized spacial score (nSPS) is 28.2. The molecule has 0 spiro atoms. The van der Waals surface area contributed by atoms with E-state index in [1.165, 1.54) is 0 Å². The van der Waals surface area contributed by atoms with Crippen LogP contribution in [0.2, 0.25) is 0 Å². The highest BCUT2D eigenvalue weighted by Gasteiger charge is 2.47. The van der Waals surface area contributed by atoms with Gasteiger partial charge in [-0.15, -0.1) is 0 Å². The van der Waals surface area contributed by atoms with Crippen LogP contribution in [0, 0.1) is 11.6 Å². The summed E-state index contributed by atoms with van der Waals surface area (Å²) < 4.78 is 83.4. The average Bonchev–Trinajstić information content (AvgIpc) is 3.43. The van der Waals surface area contributed by atoms with Crippen LogP contribution in [-0.4, -0.2) is 63.9 Å². The second kappa shape index (κ2) is 10.3. The van der Waals surface area contributed by atoms with Crippen molar-refractivity contribution >= 4 is 11.5 Å². The van der Waals surface area contributed by atoms with E-state index in [1.54, 1.807) is 6.92 Å². The number of β-amino-alcohol motifs (C(OH)–C–C–N with tert-alkyl or cyclic N) is 1. The van der Waals surface area contributed by atoms with Gasteiger partial charge in [0.2, 0.25) is 0 Å². The lowest BCUT2D eigenvalue weighted by Crippen LogP contribution is -2.47. The van der Waals surface area contributed by atoms with Gasteiger partial charge in [0, 0.05) is 43.2 Å². The van der Waals surface area contributed by atoms with Gasteiger partial charge in [-0.05, 0) is 45.6 Å². The molecule has 0 bridgehead atoms. The van der Waals surface area contributed by atoms with Crippen LogP contribution in [0.25, 0.3) is 0 Å². The molecule has 5 heterocycles. The number of nitrogen functional groups attached to an aromatic ring is 1. The van der Waals surface area contributed by atoms with Crippen molar-refractivity contribution in [2.75, 3.05) is 43.4 Å². The fraction of sp³-hybridized carbons (Fsp3) is 0.586. The molecule has 6 rings (SSSR count). The number of fused-ring (bicyclic) bond motifs is 2. The molecular formula is C29H34F5N5O3. The second-order valence-corrected chi connectivity index (χ2v) is 12.3. The Balaban J connectivity index is 1.38. The average molecular weight is 596 g/mol. The Morgan fingerprint density at radius 1 is 1.21 bits per heavy atom. The maximum atomic E-state index is 15.1. The molecule has 42 heavy (non-hydrogen) atoms. The quantitative estimate of drug-likeness (QED) is 0.292. The van der Waals surface area contributed by atoms with Crippen molar-refractivity contribution in [2.24, 2.45) is 0 Å². The zero-order valence-electron chi connectivity index (χ0n) is 23.4. The third-order valence-electron chi connectivity index (χ3n) is 8.92. The highest BCUT2D eigenvalue weighted by Crippen LogP contribution is 2.45. The van der Waals surface area contributed by atoms with Crippen molar-refractivity contribution < 1.29 is 36.5 Å². The topological polar surface area (TPSA) is 97.0 Å². The summed E-state index contributed by atoms with van der Waals surface area (Å²) in [5.41, 5.74) is 2.79. The van der Waals surface area contributed by atoms with Crippen LogP contribution in [0.1, 0.15) is 67.5 Å². The molecule has 3 saturated heterocycles. The van der Waals surface area contributed by atoms with Gasteiger partial charge in [-0.2, -0.15) is 23.1 Å². The molecule has 228 valence electrons. The largest absolute Gasteiger partial charge is 0.461 e. The predicted molar refractivity (Wildman–Crippen MR) is 144 cm³/mol. The number of rotatable bonds is 5. The van der Waals surface area contributed by atoms with Gasteiger partial charge in [-0.25, -0.2) is 8.78 Å². The molecule has 0 saturated carbocycles. The minimum Gasteiger partial charge on any atom is -0.461 e. The number of aliphatic hydroxyl groups is 1. The third kappa shape index (κ3) is 5.19. The van der Waals surface area contributed by atoms with Crippen LogP contribution in [0.3, 0.4) is 0 Å². The van der Waals surface area contributed by atoms with E-state index in [2.05, 4.69) is 16.5 Å². The lowest BCUT2D eigenvalue weighted by atomic mass is 9.92. The van der Waals surface area contributed by atoms with Gasteiger partial charge in [0.15, 0.2) is 5.82 Å². The molecule has 0 amide bonds. The summed E-state index contributed by atoms with van der Waals surface area (Å²) in [6, 6.07) is 0.361. The number of aromatic nitrogens is 2. The first kappa shape index (κ1) is 29.1. The zero-order chi connectivity index (χ0) is 30.0. The van der Waals surface area contributed by atoms with Crippen LogP contribution in [0.5, 0.6) is 6.01 Å². The van der Waals surface area contributed by atoms with Gasteiger partial charge >= 0.3 is 12.2 Å². The van der Waals surface area contributed by atoms with Crippen molar-refractivity contribution in [1.29, 1.82) is 0 Å². The Bertz CT molecular complexity index is 1420. The number of anilines is 2. The molecule has 0 radical (unpaired) electrons. The number of alkyl halides is 3. The van der Waals surface area contributed by atoms with Crippen molar-refractivity contribution in [3.8, 4) is 6.01 Å². The molecule has 4 aliphatic rings. The minimum absolute atomic E-state index is 0.0311. The van der Waals surface area contributed by atoms with E-state index in [1.807, 2.05) is 4.90 Å². The smallest absolute Gasteiger partial charge is 0.419 e. The number of piperidine rings is 1. The van der Waals surface area contributed by atoms with E-state index >= 15 is 4.39 Å². The molecule has 3 atom stereocenters. The Labute approximate surface area is 240 Å². The summed E-state index contributed by atoms with van der Waals surface area (Å²) in [6.07, 6.45) is -2.95. The van der Waals surface area contributed by atoms with E-state index in [9.17, 15) is 22.7 Å². The van der Waals surface area contributed by atoms with Crippen molar-refractivity contribution in [3.05, 3.63) is 52.2 Å². The molecule has 4 aliphatic heterocycles. The predicted octanol–water partition coefficient (Wildman–Crippen LogP) is 4.69. The van der Waals surface area contributed by atoms with Gasteiger partial charge in [0.05, 0.1) is 35.2 Å². The first-order valence-corrected chi connectivity index (χ1v) is 14.1. The van der Waals surface area contributed by atoms with Crippen LogP contribution < -0.4 is 15.4 Å². The molecule has 2 aromatic rings. The number of ether oxygens (including phenoxy) is 2. The molecule has 13 heteroatoms. The number of nitrogens with two attached hydrogens (primary N) is 1. The number of hydrogen-bond acceptors (Lipinski definition) is 8. The number of benzene rings is 1. The van der Waals surface area contributed by atoms with Crippen LogP contribution in [0.15, 0.2) is 18.2 Å². The van der Waals surface area contributed by atoms with Gasteiger partial charge in [-0.1, -0.05) is 12.2 Å². The van der Waals surface area contributed by atoms with E-state index in [4.69, 9.17) is 20.2 Å². The maximum absolute atomic E-state index is 15.1. The van der Waals surface area contributed by atoms with Crippen molar-refractivity contribution in [3.63, 3.8) is 0 Å². The van der Waals surface area contributed by atoms with Gasteiger partial charge < -0.3 is 25.2 Å². The third-order valence-corrected chi connectivity index (χ3v) is 8.92. The van der Waals surface area contributed by atoms with E-state index < -0.39 is 46.3 Å². The van der Waals surface area contributed by atoms with E-state index in [0.29, 0.717) is 49.1 Å². The summed E-state index contributed by atoms with van der Waals surface area (Å²) in [5.74, 6) is -2.61. The van der Waals surface area contributed by atoms with E-state index in [0.717, 1.165) is 37.9 Å². The Kier molecular flexibility index (Phi) is 7.13. The molecule has 1 aromatic carbocycles. The summed E-state index contributed by atoms with van der Waals surface area (Å²) in [5, 5.41) is 10.8. The number of nitrogens with zero attached hydrogens (tertiary/aromatic N) is 4. The summed E-state index contributed by atoms with van der Waals surface area (Å²) in [6.45, 7) is 8.50. The van der Waals surface area contributed by atoms with Gasteiger partial charge in [-0.3, -0.25) is 4.90 Å². The molecule has 1 aromatic heterocycles. The Morgan fingerprint density at radius 3 is 2.71 bits per heavy atom. The second-order valence-electron chi connectivity index (χ2n) is 12.3. The maximum Gasteiger partial charge on any atom is 0.419 e. The molecule has 3 fully saturated rings.